The zero-order chi connectivity index (χ0) is 12.3. The lowest BCUT2D eigenvalue weighted by molar-refractivity contribution is -0.136. The predicted octanol–water partition coefficient (Wildman–Crippen LogP) is 1.82. The summed E-state index contributed by atoms with van der Waals surface area (Å²) in [5.74, 6) is 0.231. The van der Waals surface area contributed by atoms with Gasteiger partial charge in [0.05, 0.1) is 6.54 Å². The average molecular weight is 242 g/mol. The van der Waals surface area contributed by atoms with Gasteiger partial charge in [-0.1, -0.05) is 0 Å². The second kappa shape index (κ2) is 5.80. The van der Waals surface area contributed by atoms with E-state index in [9.17, 15) is 9.18 Å². The largest absolute Gasteiger partial charge is 0.339 e. The van der Waals surface area contributed by atoms with Gasteiger partial charge in [0.15, 0.2) is 0 Å². The maximum Gasteiger partial charge on any atom is 0.236 e. The van der Waals surface area contributed by atoms with Gasteiger partial charge in [0.2, 0.25) is 5.91 Å². The third-order valence-corrected chi connectivity index (χ3v) is 4.00. The Labute approximate surface area is 103 Å². The van der Waals surface area contributed by atoms with E-state index in [-0.39, 0.29) is 5.91 Å². The first-order valence-corrected chi connectivity index (χ1v) is 6.82. The highest BCUT2D eigenvalue weighted by molar-refractivity contribution is 5.78. The summed E-state index contributed by atoms with van der Waals surface area (Å²) in [5.41, 5.74) is 0. The van der Waals surface area contributed by atoms with Crippen LogP contribution in [0.25, 0.3) is 0 Å². The van der Waals surface area contributed by atoms with E-state index < -0.39 is 6.17 Å². The Morgan fingerprint density at radius 3 is 2.53 bits per heavy atom. The number of hydrogen-bond acceptors (Lipinski definition) is 2. The Bertz CT molecular complexity index is 264. The van der Waals surface area contributed by atoms with Crippen LogP contribution in [0.1, 0.15) is 39.0 Å². The number of hydrogen-bond donors (Lipinski definition) is 0. The van der Waals surface area contributed by atoms with Crippen LogP contribution in [0.2, 0.25) is 0 Å². The van der Waals surface area contributed by atoms with E-state index in [1.165, 1.54) is 6.42 Å². The molecule has 0 spiro atoms. The Morgan fingerprint density at radius 2 is 1.88 bits per heavy atom. The summed E-state index contributed by atoms with van der Waals surface area (Å²) in [6, 6.07) is 0.384. The Morgan fingerprint density at radius 1 is 1.18 bits per heavy atom. The van der Waals surface area contributed by atoms with Crippen LogP contribution in [0.5, 0.6) is 0 Å². The van der Waals surface area contributed by atoms with Gasteiger partial charge in [0.1, 0.15) is 6.17 Å². The first-order chi connectivity index (χ1) is 8.16. The second-order valence-corrected chi connectivity index (χ2v) is 5.38. The average Bonchev–Trinajstić information content (AvgIpc) is 2.32. The molecular weight excluding hydrogens is 219 g/mol. The monoisotopic (exact) mass is 242 g/mol. The highest BCUT2D eigenvalue weighted by atomic mass is 19.1. The molecule has 0 saturated carbocycles. The van der Waals surface area contributed by atoms with Gasteiger partial charge >= 0.3 is 0 Å². The second-order valence-electron chi connectivity index (χ2n) is 5.38. The van der Waals surface area contributed by atoms with Crippen molar-refractivity contribution in [3.05, 3.63) is 0 Å². The van der Waals surface area contributed by atoms with Gasteiger partial charge < -0.3 is 4.90 Å². The van der Waals surface area contributed by atoms with Gasteiger partial charge in [-0.3, -0.25) is 9.69 Å². The Balaban J connectivity index is 1.79. The molecule has 0 N–H and O–H groups in total. The number of halogens is 1. The fourth-order valence-corrected chi connectivity index (χ4v) is 2.81. The first-order valence-electron chi connectivity index (χ1n) is 6.82. The van der Waals surface area contributed by atoms with Crippen LogP contribution in [-0.4, -0.2) is 54.1 Å². The summed E-state index contributed by atoms with van der Waals surface area (Å²) in [4.78, 5) is 16.3. The number of amides is 1. The minimum absolute atomic E-state index is 0.231. The number of likely N-dealkylation sites (tertiary alicyclic amines) is 2. The highest BCUT2D eigenvalue weighted by Gasteiger charge is 2.26. The van der Waals surface area contributed by atoms with Crippen molar-refractivity contribution < 1.29 is 9.18 Å². The molecule has 1 unspecified atom stereocenters. The Kier molecular flexibility index (Phi) is 4.37. The molecule has 3 nitrogen and oxygen atoms in total. The Hall–Kier alpha value is -0.640. The molecule has 2 aliphatic heterocycles. The highest BCUT2D eigenvalue weighted by Crippen LogP contribution is 2.18. The van der Waals surface area contributed by atoms with Crippen molar-refractivity contribution in [2.24, 2.45) is 0 Å². The van der Waals surface area contributed by atoms with Crippen LogP contribution in [-0.2, 0) is 4.79 Å². The molecule has 0 bridgehead atoms. The molecule has 98 valence electrons. The normalized spacial score (nSPS) is 28.4. The maximum absolute atomic E-state index is 13.0. The van der Waals surface area contributed by atoms with Crippen molar-refractivity contribution in [1.82, 2.24) is 9.80 Å². The quantitative estimate of drug-likeness (QED) is 0.737. The van der Waals surface area contributed by atoms with Crippen molar-refractivity contribution >= 4 is 5.91 Å². The third kappa shape index (κ3) is 3.41. The van der Waals surface area contributed by atoms with Crippen LogP contribution < -0.4 is 0 Å². The molecule has 0 aliphatic carbocycles. The van der Waals surface area contributed by atoms with Gasteiger partial charge in [0, 0.05) is 25.7 Å². The van der Waals surface area contributed by atoms with Gasteiger partial charge in [0.25, 0.3) is 0 Å². The molecule has 2 saturated heterocycles. The maximum atomic E-state index is 13.0. The molecule has 2 rings (SSSR count). The van der Waals surface area contributed by atoms with Gasteiger partial charge in [-0.15, -0.1) is 0 Å². The van der Waals surface area contributed by atoms with E-state index in [4.69, 9.17) is 0 Å². The van der Waals surface area contributed by atoms with E-state index in [0.29, 0.717) is 25.4 Å². The number of carbonyl (C=O) groups excluding carboxylic acids is 1. The lowest BCUT2D eigenvalue weighted by atomic mass is 10.0. The van der Waals surface area contributed by atoms with E-state index in [1.54, 1.807) is 0 Å². The summed E-state index contributed by atoms with van der Waals surface area (Å²) in [6.45, 7) is 4.98. The predicted molar refractivity (Wildman–Crippen MR) is 65.6 cm³/mol. The fourth-order valence-electron chi connectivity index (χ4n) is 2.81. The topological polar surface area (TPSA) is 23.6 Å². The lowest BCUT2D eigenvalue weighted by Crippen LogP contribution is -2.48. The molecule has 1 amide bonds. The summed E-state index contributed by atoms with van der Waals surface area (Å²) in [6.07, 6.45) is 4.00. The SMILES string of the molecule is CC1CCCCN1C(=O)CN1CCC(F)CC1. The van der Waals surface area contributed by atoms with E-state index >= 15 is 0 Å². The third-order valence-electron chi connectivity index (χ3n) is 4.00. The molecule has 0 aromatic heterocycles. The van der Waals surface area contributed by atoms with E-state index in [0.717, 1.165) is 32.5 Å². The number of piperidine rings is 2. The van der Waals surface area contributed by atoms with Gasteiger partial charge in [-0.05, 0) is 39.0 Å². The first kappa shape index (κ1) is 12.8. The minimum Gasteiger partial charge on any atom is -0.339 e. The minimum atomic E-state index is -0.657. The zero-order valence-electron chi connectivity index (χ0n) is 10.7. The molecule has 0 aromatic rings. The molecule has 0 radical (unpaired) electrons. The summed E-state index contributed by atoms with van der Waals surface area (Å²) in [7, 11) is 0. The summed E-state index contributed by atoms with van der Waals surface area (Å²) < 4.78 is 13.0. The van der Waals surface area contributed by atoms with Crippen LogP contribution in [0.3, 0.4) is 0 Å². The number of rotatable bonds is 2. The molecule has 2 aliphatic rings. The molecule has 4 heteroatoms. The van der Waals surface area contributed by atoms with Crippen molar-refractivity contribution in [1.29, 1.82) is 0 Å². The van der Waals surface area contributed by atoms with Crippen molar-refractivity contribution in [3.8, 4) is 0 Å². The number of alkyl halides is 1. The molecule has 2 heterocycles. The van der Waals surface area contributed by atoms with Crippen molar-refractivity contribution in [2.75, 3.05) is 26.2 Å². The zero-order valence-corrected chi connectivity index (χ0v) is 10.7. The van der Waals surface area contributed by atoms with E-state index in [2.05, 4.69) is 11.8 Å². The summed E-state index contributed by atoms with van der Waals surface area (Å²) in [5, 5.41) is 0. The fraction of sp³-hybridized carbons (Fsp3) is 0.923. The van der Waals surface area contributed by atoms with Gasteiger partial charge in [-0.2, -0.15) is 0 Å². The van der Waals surface area contributed by atoms with E-state index in [1.807, 2.05) is 4.90 Å². The summed E-state index contributed by atoms with van der Waals surface area (Å²) >= 11 is 0. The number of nitrogens with zero attached hydrogens (tertiary/aromatic N) is 2. The smallest absolute Gasteiger partial charge is 0.236 e. The molecule has 17 heavy (non-hydrogen) atoms. The standard InChI is InChI=1S/C13H23FN2O/c1-11-4-2-3-7-16(11)13(17)10-15-8-5-12(14)6-9-15/h11-12H,2-10H2,1H3. The lowest BCUT2D eigenvalue weighted by Gasteiger charge is -2.36. The number of carbonyl (C=O) groups is 1. The van der Waals surface area contributed by atoms with Crippen LogP contribution in [0.15, 0.2) is 0 Å². The van der Waals surface area contributed by atoms with Crippen LogP contribution >= 0.6 is 0 Å². The van der Waals surface area contributed by atoms with Crippen LogP contribution in [0, 0.1) is 0 Å². The van der Waals surface area contributed by atoms with Crippen molar-refractivity contribution in [3.63, 3.8) is 0 Å². The van der Waals surface area contributed by atoms with Crippen LogP contribution in [0.4, 0.5) is 4.39 Å². The molecule has 0 aromatic carbocycles. The molecule has 1 atom stereocenters. The molecule has 2 fully saturated rings. The van der Waals surface area contributed by atoms with Gasteiger partial charge in [-0.25, -0.2) is 4.39 Å². The molecular formula is C13H23FN2O. The van der Waals surface area contributed by atoms with Crippen molar-refractivity contribution in [2.45, 2.75) is 51.2 Å².